The standard InChI is InChI=1S/C16H21N3O4/c1-10(15(21)22)9-19(13-6-7-13)14(20)12-4-2-11(3-5-12)8-18-16(17)23/h2-5,10,13H,6-9H2,1H3,(H,21,22)(H3,17,18,23). The van der Waals surface area contributed by atoms with E-state index >= 15 is 0 Å². The molecule has 1 aromatic rings. The summed E-state index contributed by atoms with van der Waals surface area (Å²) in [6, 6.07) is 6.39. The summed E-state index contributed by atoms with van der Waals surface area (Å²) in [6.07, 6.45) is 1.83. The van der Waals surface area contributed by atoms with E-state index in [2.05, 4.69) is 5.32 Å². The van der Waals surface area contributed by atoms with E-state index in [0.717, 1.165) is 18.4 Å². The number of nitrogens with one attached hydrogen (secondary N) is 1. The minimum Gasteiger partial charge on any atom is -0.481 e. The molecule has 1 saturated carbocycles. The van der Waals surface area contributed by atoms with Gasteiger partial charge in [-0.25, -0.2) is 4.79 Å². The van der Waals surface area contributed by atoms with E-state index in [9.17, 15) is 14.4 Å². The lowest BCUT2D eigenvalue weighted by atomic mass is 10.1. The fourth-order valence-corrected chi connectivity index (χ4v) is 2.28. The van der Waals surface area contributed by atoms with Gasteiger partial charge in [0, 0.05) is 24.7 Å². The van der Waals surface area contributed by atoms with Gasteiger partial charge in [0.2, 0.25) is 0 Å². The Morgan fingerprint density at radius 2 is 1.91 bits per heavy atom. The first kappa shape index (κ1) is 16.8. The van der Waals surface area contributed by atoms with Crippen LogP contribution in [0, 0.1) is 5.92 Å². The van der Waals surface area contributed by atoms with Crippen molar-refractivity contribution in [3.8, 4) is 0 Å². The molecule has 0 spiro atoms. The molecule has 1 aliphatic carbocycles. The molecule has 1 unspecified atom stereocenters. The number of carboxylic acids is 1. The van der Waals surface area contributed by atoms with Crippen molar-refractivity contribution in [2.45, 2.75) is 32.4 Å². The monoisotopic (exact) mass is 319 g/mol. The molecular formula is C16H21N3O4. The van der Waals surface area contributed by atoms with E-state index in [-0.39, 0.29) is 18.5 Å². The lowest BCUT2D eigenvalue weighted by Gasteiger charge is -2.24. The van der Waals surface area contributed by atoms with Crippen molar-refractivity contribution >= 4 is 17.9 Å². The zero-order valence-electron chi connectivity index (χ0n) is 13.0. The third-order valence-electron chi connectivity index (χ3n) is 3.81. The third-order valence-corrected chi connectivity index (χ3v) is 3.81. The van der Waals surface area contributed by atoms with Crippen LogP contribution in [0.15, 0.2) is 24.3 Å². The normalized spacial score (nSPS) is 14.8. The number of nitrogens with zero attached hydrogens (tertiary/aromatic N) is 1. The zero-order valence-corrected chi connectivity index (χ0v) is 13.0. The molecular weight excluding hydrogens is 298 g/mol. The van der Waals surface area contributed by atoms with Crippen molar-refractivity contribution in [2.24, 2.45) is 11.7 Å². The lowest BCUT2D eigenvalue weighted by molar-refractivity contribution is -0.141. The molecule has 3 amide bonds. The van der Waals surface area contributed by atoms with Crippen molar-refractivity contribution in [2.75, 3.05) is 6.54 Å². The molecule has 1 aliphatic rings. The number of carbonyl (C=O) groups is 3. The second-order valence-electron chi connectivity index (χ2n) is 5.84. The second-order valence-corrected chi connectivity index (χ2v) is 5.84. The Labute approximate surface area is 134 Å². The van der Waals surface area contributed by atoms with Crippen LogP contribution >= 0.6 is 0 Å². The molecule has 4 N–H and O–H groups in total. The molecule has 0 aliphatic heterocycles. The van der Waals surface area contributed by atoms with E-state index in [4.69, 9.17) is 10.8 Å². The van der Waals surface area contributed by atoms with Gasteiger partial charge in [0.25, 0.3) is 5.91 Å². The van der Waals surface area contributed by atoms with Gasteiger partial charge in [0.05, 0.1) is 5.92 Å². The highest BCUT2D eigenvalue weighted by Gasteiger charge is 2.34. The van der Waals surface area contributed by atoms with Crippen LogP contribution in [0.4, 0.5) is 4.79 Å². The van der Waals surface area contributed by atoms with Gasteiger partial charge in [0.1, 0.15) is 0 Å². The molecule has 0 aromatic heterocycles. The first-order valence-corrected chi connectivity index (χ1v) is 7.54. The van der Waals surface area contributed by atoms with E-state index in [1.54, 1.807) is 36.1 Å². The Morgan fingerprint density at radius 1 is 1.30 bits per heavy atom. The van der Waals surface area contributed by atoms with Crippen LogP contribution in [0.5, 0.6) is 0 Å². The summed E-state index contributed by atoms with van der Waals surface area (Å²) >= 11 is 0. The Kier molecular flexibility index (Phi) is 5.20. The highest BCUT2D eigenvalue weighted by molar-refractivity contribution is 5.95. The fourth-order valence-electron chi connectivity index (χ4n) is 2.28. The zero-order chi connectivity index (χ0) is 17.0. The number of carboxylic acid groups (broad SMARTS) is 1. The second kappa shape index (κ2) is 7.13. The number of hydrogen-bond donors (Lipinski definition) is 3. The molecule has 23 heavy (non-hydrogen) atoms. The van der Waals surface area contributed by atoms with Crippen molar-refractivity contribution < 1.29 is 19.5 Å². The van der Waals surface area contributed by atoms with Crippen molar-refractivity contribution in [3.63, 3.8) is 0 Å². The molecule has 7 heteroatoms. The minimum absolute atomic E-state index is 0.139. The summed E-state index contributed by atoms with van der Waals surface area (Å²) in [5, 5.41) is 11.5. The molecule has 1 fully saturated rings. The largest absolute Gasteiger partial charge is 0.481 e. The van der Waals surface area contributed by atoms with Crippen molar-refractivity contribution in [1.82, 2.24) is 10.2 Å². The van der Waals surface area contributed by atoms with Crippen LogP contribution in [-0.4, -0.2) is 40.5 Å². The summed E-state index contributed by atoms with van der Waals surface area (Å²) < 4.78 is 0. The Hall–Kier alpha value is -2.57. The minimum atomic E-state index is -0.906. The van der Waals surface area contributed by atoms with Gasteiger partial charge in [-0.15, -0.1) is 0 Å². The van der Waals surface area contributed by atoms with Gasteiger partial charge in [-0.1, -0.05) is 19.1 Å². The third kappa shape index (κ3) is 4.70. The van der Waals surface area contributed by atoms with Gasteiger partial charge in [0.15, 0.2) is 0 Å². The fraction of sp³-hybridized carbons (Fsp3) is 0.438. The maximum absolute atomic E-state index is 12.6. The molecule has 2 rings (SSSR count). The molecule has 124 valence electrons. The number of hydrogen-bond acceptors (Lipinski definition) is 3. The maximum Gasteiger partial charge on any atom is 0.312 e. The number of nitrogens with two attached hydrogens (primary N) is 1. The van der Waals surface area contributed by atoms with E-state index < -0.39 is 17.9 Å². The Morgan fingerprint density at radius 3 is 2.39 bits per heavy atom. The number of amides is 3. The van der Waals surface area contributed by atoms with Gasteiger partial charge in [-0.05, 0) is 30.5 Å². The molecule has 0 heterocycles. The Bertz CT molecular complexity index is 596. The van der Waals surface area contributed by atoms with Crippen LogP contribution in [0.2, 0.25) is 0 Å². The highest BCUT2D eigenvalue weighted by Crippen LogP contribution is 2.29. The summed E-state index contributed by atoms with van der Waals surface area (Å²) in [4.78, 5) is 36.0. The van der Waals surface area contributed by atoms with Crippen molar-refractivity contribution in [1.29, 1.82) is 0 Å². The number of rotatable bonds is 7. The van der Waals surface area contributed by atoms with Crippen LogP contribution in [0.25, 0.3) is 0 Å². The average molecular weight is 319 g/mol. The average Bonchev–Trinajstić information content (AvgIpc) is 3.34. The smallest absolute Gasteiger partial charge is 0.312 e. The molecule has 1 aromatic carbocycles. The number of urea groups is 1. The number of aliphatic carboxylic acids is 1. The van der Waals surface area contributed by atoms with Crippen LogP contribution in [0.3, 0.4) is 0 Å². The van der Waals surface area contributed by atoms with E-state index in [1.807, 2.05) is 0 Å². The molecule has 0 saturated heterocycles. The van der Waals surface area contributed by atoms with Crippen LogP contribution < -0.4 is 11.1 Å². The topological polar surface area (TPSA) is 113 Å². The maximum atomic E-state index is 12.6. The van der Waals surface area contributed by atoms with E-state index in [1.165, 1.54) is 0 Å². The quantitative estimate of drug-likeness (QED) is 0.700. The van der Waals surface area contributed by atoms with Gasteiger partial charge in [-0.2, -0.15) is 0 Å². The number of carbonyl (C=O) groups excluding carboxylic acids is 2. The predicted octanol–water partition coefficient (Wildman–Crippen LogP) is 1.18. The first-order valence-electron chi connectivity index (χ1n) is 7.54. The highest BCUT2D eigenvalue weighted by atomic mass is 16.4. The molecule has 1 atom stereocenters. The summed E-state index contributed by atoms with van der Waals surface area (Å²) in [5.41, 5.74) is 6.35. The Balaban J connectivity index is 2.04. The number of primary amides is 1. The predicted molar refractivity (Wildman–Crippen MR) is 83.7 cm³/mol. The molecule has 7 nitrogen and oxygen atoms in total. The van der Waals surface area contributed by atoms with Gasteiger partial charge < -0.3 is 21.1 Å². The summed E-state index contributed by atoms with van der Waals surface area (Å²) in [7, 11) is 0. The van der Waals surface area contributed by atoms with Gasteiger partial charge >= 0.3 is 12.0 Å². The van der Waals surface area contributed by atoms with Crippen LogP contribution in [-0.2, 0) is 11.3 Å². The van der Waals surface area contributed by atoms with E-state index in [0.29, 0.717) is 12.1 Å². The molecule has 0 radical (unpaired) electrons. The SMILES string of the molecule is CC(CN(C(=O)c1ccc(CNC(N)=O)cc1)C1CC1)C(=O)O. The molecule has 0 bridgehead atoms. The summed E-state index contributed by atoms with van der Waals surface area (Å²) in [6.45, 7) is 2.11. The van der Waals surface area contributed by atoms with Crippen molar-refractivity contribution in [3.05, 3.63) is 35.4 Å². The number of benzene rings is 1. The lowest BCUT2D eigenvalue weighted by Crippen LogP contribution is -2.38. The van der Waals surface area contributed by atoms with Crippen LogP contribution in [0.1, 0.15) is 35.7 Å². The first-order chi connectivity index (χ1) is 10.9. The summed E-state index contributed by atoms with van der Waals surface area (Å²) in [5.74, 6) is -1.66. The van der Waals surface area contributed by atoms with Gasteiger partial charge in [-0.3, -0.25) is 9.59 Å².